The molecular weight excluding hydrogens is 410 g/mol. The quantitative estimate of drug-likeness (QED) is 0.463. The van der Waals surface area contributed by atoms with Gasteiger partial charge in [0.05, 0.1) is 25.1 Å². The molecule has 4 aromatic rings. The van der Waals surface area contributed by atoms with Gasteiger partial charge in [-0.15, -0.1) is 0 Å². The van der Waals surface area contributed by atoms with Crippen LogP contribution < -0.4 is 25.1 Å². The monoisotopic (exact) mass is 431 g/mol. The van der Waals surface area contributed by atoms with E-state index in [2.05, 4.69) is 15.3 Å². The van der Waals surface area contributed by atoms with Gasteiger partial charge in [-0.2, -0.15) is 0 Å². The van der Waals surface area contributed by atoms with Gasteiger partial charge in [-0.3, -0.25) is 9.59 Å². The molecule has 1 heterocycles. The van der Waals surface area contributed by atoms with Gasteiger partial charge in [-0.05, 0) is 54.6 Å². The molecular formula is C24H21N3O5. The highest BCUT2D eigenvalue weighted by Crippen LogP contribution is 2.31. The van der Waals surface area contributed by atoms with Crippen LogP contribution in [0, 0.1) is 0 Å². The molecule has 4 rings (SSSR count). The van der Waals surface area contributed by atoms with Gasteiger partial charge in [-0.25, -0.2) is 4.98 Å². The summed E-state index contributed by atoms with van der Waals surface area (Å²) in [7, 11) is 3.08. The first-order valence-corrected chi connectivity index (χ1v) is 9.81. The molecule has 1 aromatic heterocycles. The third-order valence-electron chi connectivity index (χ3n) is 4.78. The Morgan fingerprint density at radius 1 is 0.969 bits per heavy atom. The van der Waals surface area contributed by atoms with Crippen molar-refractivity contribution in [2.24, 2.45) is 0 Å². The van der Waals surface area contributed by atoms with E-state index in [1.54, 1.807) is 67.8 Å². The molecule has 0 spiro atoms. The molecule has 0 radical (unpaired) electrons. The van der Waals surface area contributed by atoms with Crippen LogP contribution in [0.25, 0.3) is 22.3 Å². The summed E-state index contributed by atoms with van der Waals surface area (Å²) in [5.41, 5.74) is 1.60. The van der Waals surface area contributed by atoms with Crippen LogP contribution in [-0.4, -0.2) is 36.7 Å². The number of nitrogens with one attached hydrogen (secondary N) is 2. The van der Waals surface area contributed by atoms with Crippen molar-refractivity contribution in [3.05, 3.63) is 77.1 Å². The van der Waals surface area contributed by atoms with Gasteiger partial charge in [0.1, 0.15) is 11.6 Å². The molecule has 162 valence electrons. The molecule has 0 aliphatic rings. The second-order valence-corrected chi connectivity index (χ2v) is 6.86. The maximum Gasteiger partial charge on any atom is 0.262 e. The van der Waals surface area contributed by atoms with Gasteiger partial charge in [0.15, 0.2) is 18.1 Å². The lowest BCUT2D eigenvalue weighted by atomic mass is 10.1. The molecule has 0 saturated heterocycles. The van der Waals surface area contributed by atoms with Gasteiger partial charge < -0.3 is 24.5 Å². The number of hydrogen-bond donors (Lipinski definition) is 2. The van der Waals surface area contributed by atoms with E-state index < -0.39 is 0 Å². The smallest absolute Gasteiger partial charge is 0.262 e. The largest absolute Gasteiger partial charge is 0.497 e. The first-order chi connectivity index (χ1) is 15.6. The number of benzene rings is 3. The molecule has 0 saturated carbocycles. The molecule has 0 unspecified atom stereocenters. The third-order valence-corrected chi connectivity index (χ3v) is 4.78. The Kier molecular flexibility index (Phi) is 6.03. The van der Waals surface area contributed by atoms with E-state index in [0.717, 1.165) is 0 Å². The summed E-state index contributed by atoms with van der Waals surface area (Å²) in [4.78, 5) is 32.0. The standard InChI is InChI=1S/C24H21N3O5/c1-30-17-10-8-16(9-11-17)25-22(28)14-32-21-13-15(7-12-20(21)31-2)23-26-19-6-4-3-5-18(19)24(29)27-23/h3-13H,14H2,1-2H3,(H,25,28)(H,26,27,29). The van der Waals surface area contributed by atoms with E-state index in [-0.39, 0.29) is 18.1 Å². The van der Waals surface area contributed by atoms with E-state index in [9.17, 15) is 9.59 Å². The molecule has 0 bridgehead atoms. The molecule has 2 N–H and O–H groups in total. The minimum Gasteiger partial charge on any atom is -0.497 e. The van der Waals surface area contributed by atoms with Crippen LogP contribution in [0.4, 0.5) is 5.69 Å². The number of amides is 1. The van der Waals surface area contributed by atoms with Gasteiger partial charge in [0, 0.05) is 11.3 Å². The molecule has 32 heavy (non-hydrogen) atoms. The van der Waals surface area contributed by atoms with Gasteiger partial charge >= 0.3 is 0 Å². The predicted molar refractivity (Wildman–Crippen MR) is 121 cm³/mol. The number of rotatable bonds is 7. The highest BCUT2D eigenvalue weighted by Gasteiger charge is 2.12. The van der Waals surface area contributed by atoms with E-state index in [1.807, 2.05) is 6.07 Å². The normalized spacial score (nSPS) is 10.6. The fraction of sp³-hybridized carbons (Fsp3) is 0.125. The lowest BCUT2D eigenvalue weighted by molar-refractivity contribution is -0.118. The van der Waals surface area contributed by atoms with Crippen molar-refractivity contribution in [3.8, 4) is 28.6 Å². The number of methoxy groups -OCH3 is 2. The van der Waals surface area contributed by atoms with Crippen molar-refractivity contribution in [1.82, 2.24) is 9.97 Å². The van der Waals surface area contributed by atoms with Crippen LogP contribution in [0.5, 0.6) is 17.2 Å². The lowest BCUT2D eigenvalue weighted by Gasteiger charge is -2.13. The second-order valence-electron chi connectivity index (χ2n) is 6.86. The fourth-order valence-electron chi connectivity index (χ4n) is 3.17. The van der Waals surface area contributed by atoms with Crippen LogP contribution in [-0.2, 0) is 4.79 Å². The minimum atomic E-state index is -0.333. The number of aromatic nitrogens is 2. The zero-order chi connectivity index (χ0) is 22.5. The Bertz CT molecular complexity index is 1320. The van der Waals surface area contributed by atoms with Crippen molar-refractivity contribution < 1.29 is 19.0 Å². The zero-order valence-electron chi connectivity index (χ0n) is 17.5. The lowest BCUT2D eigenvalue weighted by Crippen LogP contribution is -2.20. The van der Waals surface area contributed by atoms with Crippen LogP contribution in [0.15, 0.2) is 71.5 Å². The number of para-hydroxylation sites is 1. The topological polar surface area (TPSA) is 103 Å². The number of H-pyrrole nitrogens is 1. The molecule has 0 atom stereocenters. The van der Waals surface area contributed by atoms with Gasteiger partial charge in [-0.1, -0.05) is 12.1 Å². The summed E-state index contributed by atoms with van der Waals surface area (Å²) in [6.07, 6.45) is 0. The van der Waals surface area contributed by atoms with Crippen molar-refractivity contribution in [1.29, 1.82) is 0 Å². The van der Waals surface area contributed by atoms with Crippen LogP contribution in [0.1, 0.15) is 0 Å². The molecule has 0 aliphatic heterocycles. The maximum absolute atomic E-state index is 12.4. The average Bonchev–Trinajstić information content (AvgIpc) is 2.83. The summed E-state index contributed by atoms with van der Waals surface area (Å²) in [6.45, 7) is -0.229. The molecule has 8 nitrogen and oxygen atoms in total. The maximum atomic E-state index is 12.4. The Morgan fingerprint density at radius 2 is 1.75 bits per heavy atom. The highest BCUT2D eigenvalue weighted by atomic mass is 16.5. The Labute approximate surface area is 183 Å². The summed E-state index contributed by atoms with van der Waals surface area (Å²) in [5, 5.41) is 3.27. The summed E-state index contributed by atoms with van der Waals surface area (Å²) < 4.78 is 16.2. The summed E-state index contributed by atoms with van der Waals surface area (Å²) in [5.74, 6) is 1.56. The molecule has 1 amide bonds. The minimum absolute atomic E-state index is 0.229. The first kappa shape index (κ1) is 20.9. The van der Waals surface area contributed by atoms with Crippen molar-refractivity contribution in [3.63, 3.8) is 0 Å². The number of fused-ring (bicyclic) bond motifs is 1. The second kappa shape index (κ2) is 9.22. The average molecular weight is 431 g/mol. The van der Waals surface area contributed by atoms with Gasteiger partial charge in [0.25, 0.3) is 11.5 Å². The van der Waals surface area contributed by atoms with E-state index in [4.69, 9.17) is 14.2 Å². The Hall–Kier alpha value is -4.33. The highest BCUT2D eigenvalue weighted by molar-refractivity contribution is 5.92. The SMILES string of the molecule is COc1ccc(NC(=O)COc2cc(-c3nc4ccccc4c(=O)[nH]3)ccc2OC)cc1. The van der Waals surface area contributed by atoms with Crippen LogP contribution in [0.3, 0.4) is 0 Å². The number of aromatic amines is 1. The van der Waals surface area contributed by atoms with E-state index in [0.29, 0.717) is 45.2 Å². The van der Waals surface area contributed by atoms with Crippen LogP contribution in [0.2, 0.25) is 0 Å². The Balaban J connectivity index is 1.53. The third kappa shape index (κ3) is 4.54. The number of carbonyl (C=O) groups excluding carboxylic acids is 1. The fourth-order valence-corrected chi connectivity index (χ4v) is 3.17. The van der Waals surface area contributed by atoms with Crippen LogP contribution >= 0.6 is 0 Å². The Morgan fingerprint density at radius 3 is 2.50 bits per heavy atom. The number of anilines is 1. The van der Waals surface area contributed by atoms with E-state index >= 15 is 0 Å². The number of carbonyl (C=O) groups is 1. The number of ether oxygens (including phenoxy) is 3. The van der Waals surface area contributed by atoms with Crippen molar-refractivity contribution in [2.75, 3.05) is 26.1 Å². The molecule has 8 heteroatoms. The summed E-state index contributed by atoms with van der Waals surface area (Å²) in [6, 6.07) is 19.2. The van der Waals surface area contributed by atoms with Crippen molar-refractivity contribution >= 4 is 22.5 Å². The number of hydrogen-bond acceptors (Lipinski definition) is 6. The van der Waals surface area contributed by atoms with Gasteiger partial charge in [0.2, 0.25) is 0 Å². The molecule has 3 aromatic carbocycles. The first-order valence-electron chi connectivity index (χ1n) is 9.81. The number of nitrogens with zero attached hydrogens (tertiary/aromatic N) is 1. The zero-order valence-corrected chi connectivity index (χ0v) is 17.5. The molecule has 0 aliphatic carbocycles. The van der Waals surface area contributed by atoms with Crippen molar-refractivity contribution in [2.45, 2.75) is 0 Å². The van der Waals surface area contributed by atoms with E-state index in [1.165, 1.54) is 7.11 Å². The predicted octanol–water partition coefficient (Wildman–Crippen LogP) is 3.62. The summed E-state index contributed by atoms with van der Waals surface area (Å²) >= 11 is 0. The molecule has 0 fully saturated rings.